The van der Waals surface area contributed by atoms with E-state index in [-0.39, 0.29) is 0 Å². The van der Waals surface area contributed by atoms with E-state index in [1.807, 2.05) is 24.3 Å². The Balaban J connectivity index is 0.000000146. The lowest BCUT2D eigenvalue weighted by Crippen LogP contribution is -1.81. The van der Waals surface area contributed by atoms with E-state index in [9.17, 15) is 10.2 Å². The molecule has 0 amide bonds. The first-order chi connectivity index (χ1) is 11.9. The molecule has 2 nitrogen and oxygen atoms in total. The summed E-state index contributed by atoms with van der Waals surface area (Å²) in [5.74, 6) is 0.655. The molecule has 0 bridgehead atoms. The molecule has 0 atom stereocenters. The average Bonchev–Trinajstić information content (AvgIpc) is 2.57. The molecule has 0 heterocycles. The number of fused-ring (bicyclic) bond motifs is 2. The number of hydrogen-bond acceptors (Lipinski definition) is 2. The molecule has 0 aliphatic carbocycles. The number of phenolic OH excluding ortho intramolecular Hbond substituents is 2. The summed E-state index contributed by atoms with van der Waals surface area (Å²) in [6.45, 7) is 6.24. The monoisotopic (exact) mass is 330 g/mol. The molecule has 4 aromatic carbocycles. The topological polar surface area (TPSA) is 40.5 Å². The summed E-state index contributed by atoms with van der Waals surface area (Å²) in [6, 6.07) is 21.3. The molecule has 0 aliphatic rings. The minimum atomic E-state index is 0.325. The molecule has 4 aromatic rings. The summed E-state index contributed by atoms with van der Waals surface area (Å²) >= 11 is 0. The lowest BCUT2D eigenvalue weighted by molar-refractivity contribution is 0.475. The molecule has 2 heteroatoms. The van der Waals surface area contributed by atoms with E-state index >= 15 is 0 Å². The summed E-state index contributed by atoms with van der Waals surface area (Å²) in [5.41, 5.74) is 3.80. The maximum Gasteiger partial charge on any atom is 0.116 e. The van der Waals surface area contributed by atoms with Gasteiger partial charge in [-0.2, -0.15) is 0 Å². The molecule has 4 rings (SSSR count). The van der Waals surface area contributed by atoms with E-state index in [4.69, 9.17) is 0 Å². The first kappa shape index (κ1) is 16.8. The van der Waals surface area contributed by atoms with Crippen LogP contribution in [0.4, 0.5) is 0 Å². The van der Waals surface area contributed by atoms with Gasteiger partial charge in [0.15, 0.2) is 0 Å². The first-order valence-electron chi connectivity index (χ1n) is 8.32. The van der Waals surface area contributed by atoms with Gasteiger partial charge in [0, 0.05) is 0 Å². The van der Waals surface area contributed by atoms with E-state index in [0.717, 1.165) is 10.8 Å². The number of hydrogen-bond donors (Lipinski definition) is 2. The van der Waals surface area contributed by atoms with E-state index < -0.39 is 0 Å². The third-order valence-electron chi connectivity index (χ3n) is 4.42. The second-order valence-electron chi connectivity index (χ2n) is 6.50. The van der Waals surface area contributed by atoms with Crippen molar-refractivity contribution in [3.05, 3.63) is 83.4 Å². The van der Waals surface area contributed by atoms with Crippen molar-refractivity contribution in [3.63, 3.8) is 0 Å². The van der Waals surface area contributed by atoms with E-state index in [0.29, 0.717) is 11.5 Å². The van der Waals surface area contributed by atoms with E-state index in [1.165, 1.54) is 27.5 Å². The van der Waals surface area contributed by atoms with Crippen LogP contribution < -0.4 is 0 Å². The molecule has 0 aromatic heterocycles. The number of aryl methyl sites for hydroxylation is 3. The highest BCUT2D eigenvalue weighted by Gasteiger charge is 1.98. The standard InChI is InChI=1S/C12H12O.C11H10O/c1-8-5-10-3-4-12(13)7-11(10)6-9(8)2;1-8-2-3-10-7-11(12)5-4-9(10)6-8/h3-7,13H,1-2H3;2-7,12H,1H3. The Kier molecular flexibility index (Phi) is 4.62. The van der Waals surface area contributed by atoms with Crippen LogP contribution in [-0.2, 0) is 0 Å². The number of aromatic hydroxyl groups is 2. The van der Waals surface area contributed by atoms with Gasteiger partial charge in [0.05, 0.1) is 0 Å². The molecule has 0 unspecified atom stereocenters. The maximum atomic E-state index is 9.29. The van der Waals surface area contributed by atoms with E-state index in [2.05, 4.69) is 39.0 Å². The van der Waals surface area contributed by atoms with Crippen LogP contribution in [0.2, 0.25) is 0 Å². The highest BCUT2D eigenvalue weighted by Crippen LogP contribution is 2.23. The van der Waals surface area contributed by atoms with Crippen LogP contribution in [0.15, 0.2) is 66.7 Å². The normalized spacial score (nSPS) is 10.5. The Morgan fingerprint density at radius 1 is 0.480 bits per heavy atom. The highest BCUT2D eigenvalue weighted by molar-refractivity contribution is 5.85. The summed E-state index contributed by atoms with van der Waals surface area (Å²) in [5, 5.41) is 23.0. The third-order valence-corrected chi connectivity index (χ3v) is 4.42. The van der Waals surface area contributed by atoms with Gasteiger partial charge < -0.3 is 10.2 Å². The zero-order valence-electron chi connectivity index (χ0n) is 14.7. The maximum absolute atomic E-state index is 9.29. The molecule has 25 heavy (non-hydrogen) atoms. The van der Waals surface area contributed by atoms with Crippen molar-refractivity contribution in [2.45, 2.75) is 20.8 Å². The van der Waals surface area contributed by atoms with Gasteiger partial charge >= 0.3 is 0 Å². The molecule has 0 saturated heterocycles. The molecular weight excluding hydrogens is 308 g/mol. The summed E-state index contributed by atoms with van der Waals surface area (Å²) in [6.07, 6.45) is 0. The summed E-state index contributed by atoms with van der Waals surface area (Å²) < 4.78 is 0. The Labute approximate surface area is 148 Å². The molecule has 0 fully saturated rings. The number of phenols is 2. The Morgan fingerprint density at radius 3 is 1.56 bits per heavy atom. The van der Waals surface area contributed by atoms with Crippen LogP contribution in [0.1, 0.15) is 16.7 Å². The SMILES string of the molecule is Cc1cc2ccc(O)cc2cc1C.Cc1ccc2cc(O)ccc2c1. The van der Waals surface area contributed by atoms with Crippen LogP contribution in [0.25, 0.3) is 21.5 Å². The fraction of sp³-hybridized carbons (Fsp3) is 0.130. The van der Waals surface area contributed by atoms with Gasteiger partial charge in [-0.15, -0.1) is 0 Å². The van der Waals surface area contributed by atoms with Crippen LogP contribution in [-0.4, -0.2) is 10.2 Å². The highest BCUT2D eigenvalue weighted by atomic mass is 16.3. The fourth-order valence-electron chi connectivity index (χ4n) is 2.87. The van der Waals surface area contributed by atoms with Gasteiger partial charge in [-0.1, -0.05) is 48.0 Å². The summed E-state index contributed by atoms with van der Waals surface area (Å²) in [7, 11) is 0. The zero-order valence-corrected chi connectivity index (χ0v) is 14.7. The largest absolute Gasteiger partial charge is 0.508 e. The van der Waals surface area contributed by atoms with Gasteiger partial charge in [0.1, 0.15) is 11.5 Å². The van der Waals surface area contributed by atoms with Crippen LogP contribution >= 0.6 is 0 Å². The summed E-state index contributed by atoms with van der Waals surface area (Å²) in [4.78, 5) is 0. The Morgan fingerprint density at radius 2 is 0.920 bits per heavy atom. The third kappa shape index (κ3) is 3.92. The lowest BCUT2D eigenvalue weighted by atomic mass is 10.0. The molecule has 126 valence electrons. The minimum absolute atomic E-state index is 0.325. The Bertz CT molecular complexity index is 1010. The molecular formula is C23H22O2. The van der Waals surface area contributed by atoms with Crippen molar-refractivity contribution in [2.75, 3.05) is 0 Å². The lowest BCUT2D eigenvalue weighted by Gasteiger charge is -2.03. The average molecular weight is 330 g/mol. The van der Waals surface area contributed by atoms with E-state index in [1.54, 1.807) is 24.3 Å². The Hall–Kier alpha value is -3.00. The van der Waals surface area contributed by atoms with Crippen LogP contribution in [0, 0.1) is 20.8 Å². The van der Waals surface area contributed by atoms with Crippen LogP contribution in [0.5, 0.6) is 11.5 Å². The quantitative estimate of drug-likeness (QED) is 0.414. The van der Waals surface area contributed by atoms with Gasteiger partial charge in [0.2, 0.25) is 0 Å². The number of rotatable bonds is 0. The smallest absolute Gasteiger partial charge is 0.116 e. The van der Waals surface area contributed by atoms with Crippen molar-refractivity contribution in [1.82, 2.24) is 0 Å². The second kappa shape index (κ2) is 6.86. The minimum Gasteiger partial charge on any atom is -0.508 e. The van der Waals surface area contributed by atoms with Crippen molar-refractivity contribution in [1.29, 1.82) is 0 Å². The zero-order chi connectivity index (χ0) is 18.0. The molecule has 0 radical (unpaired) electrons. The number of benzene rings is 4. The van der Waals surface area contributed by atoms with Crippen molar-refractivity contribution in [2.24, 2.45) is 0 Å². The van der Waals surface area contributed by atoms with Gasteiger partial charge in [-0.3, -0.25) is 0 Å². The fourth-order valence-corrected chi connectivity index (χ4v) is 2.87. The predicted octanol–water partition coefficient (Wildman–Crippen LogP) is 6.02. The van der Waals surface area contributed by atoms with Gasteiger partial charge in [-0.05, 0) is 77.7 Å². The first-order valence-corrected chi connectivity index (χ1v) is 8.32. The van der Waals surface area contributed by atoms with Crippen molar-refractivity contribution >= 4 is 21.5 Å². The predicted molar refractivity (Wildman–Crippen MR) is 105 cm³/mol. The second-order valence-corrected chi connectivity index (χ2v) is 6.50. The van der Waals surface area contributed by atoms with Gasteiger partial charge in [-0.25, -0.2) is 0 Å². The molecule has 0 saturated carbocycles. The van der Waals surface area contributed by atoms with Crippen molar-refractivity contribution < 1.29 is 10.2 Å². The molecule has 2 N–H and O–H groups in total. The molecule has 0 aliphatic heterocycles. The van der Waals surface area contributed by atoms with Gasteiger partial charge in [0.25, 0.3) is 0 Å². The molecule has 0 spiro atoms. The van der Waals surface area contributed by atoms with Crippen LogP contribution in [0.3, 0.4) is 0 Å². The van der Waals surface area contributed by atoms with Crippen molar-refractivity contribution in [3.8, 4) is 11.5 Å².